The van der Waals surface area contributed by atoms with Gasteiger partial charge in [-0.25, -0.2) is 0 Å². The normalized spacial score (nSPS) is 27.6. The van der Waals surface area contributed by atoms with E-state index in [2.05, 4.69) is 0 Å². The van der Waals surface area contributed by atoms with Gasteiger partial charge in [-0.3, -0.25) is 4.79 Å². The maximum absolute atomic E-state index is 11.3. The van der Waals surface area contributed by atoms with Crippen molar-refractivity contribution in [3.05, 3.63) is 30.2 Å². The minimum atomic E-state index is -0.937. The first kappa shape index (κ1) is 9.21. The fourth-order valence-corrected chi connectivity index (χ4v) is 1.76. The van der Waals surface area contributed by atoms with Crippen molar-refractivity contribution in [2.75, 3.05) is 0 Å². The van der Waals surface area contributed by atoms with Crippen molar-refractivity contribution < 1.29 is 14.3 Å². The number of carbonyl (C=O) groups is 1. The fourth-order valence-electron chi connectivity index (χ4n) is 1.76. The van der Waals surface area contributed by atoms with Crippen LogP contribution in [-0.4, -0.2) is 16.5 Å². The molecular formula is C11H12O3. The van der Waals surface area contributed by atoms with E-state index >= 15 is 0 Å². The Morgan fingerprint density at radius 3 is 2.86 bits per heavy atom. The molecule has 1 aliphatic carbocycles. The molecule has 0 amide bonds. The number of allylic oxidation sites excluding steroid dienone is 1. The predicted octanol–water partition coefficient (Wildman–Crippen LogP) is 1.78. The number of hydrogen-bond donors (Lipinski definition) is 1. The van der Waals surface area contributed by atoms with Gasteiger partial charge in [-0.15, -0.1) is 0 Å². The van der Waals surface area contributed by atoms with Crippen LogP contribution in [0.25, 0.3) is 5.57 Å². The van der Waals surface area contributed by atoms with E-state index in [1.54, 1.807) is 31.4 Å². The molecule has 1 heterocycles. The first-order valence-electron chi connectivity index (χ1n) is 4.56. The van der Waals surface area contributed by atoms with Crippen LogP contribution in [0.4, 0.5) is 0 Å². The molecule has 1 atom stereocenters. The average molecular weight is 192 g/mol. The SMILES string of the molecule is C[C@]1(O)CC(=O)C=C(c2ccco2)C1. The molecule has 0 fully saturated rings. The Bertz CT molecular complexity index is 371. The summed E-state index contributed by atoms with van der Waals surface area (Å²) in [6, 6.07) is 3.56. The Morgan fingerprint density at radius 2 is 2.29 bits per heavy atom. The quantitative estimate of drug-likeness (QED) is 0.737. The highest BCUT2D eigenvalue weighted by Gasteiger charge is 2.30. The van der Waals surface area contributed by atoms with Crippen molar-refractivity contribution in [1.29, 1.82) is 0 Å². The van der Waals surface area contributed by atoms with E-state index in [9.17, 15) is 9.90 Å². The summed E-state index contributed by atoms with van der Waals surface area (Å²) in [5.74, 6) is 0.617. The van der Waals surface area contributed by atoms with Gasteiger partial charge in [-0.05, 0) is 25.1 Å². The molecule has 1 aromatic heterocycles. The summed E-state index contributed by atoms with van der Waals surface area (Å²) in [7, 11) is 0. The van der Waals surface area contributed by atoms with Crippen LogP contribution in [-0.2, 0) is 4.79 Å². The van der Waals surface area contributed by atoms with Crippen molar-refractivity contribution in [3.63, 3.8) is 0 Å². The van der Waals surface area contributed by atoms with Gasteiger partial charge in [0.25, 0.3) is 0 Å². The lowest BCUT2D eigenvalue weighted by atomic mass is 9.84. The van der Waals surface area contributed by atoms with Crippen LogP contribution < -0.4 is 0 Å². The maximum atomic E-state index is 11.3. The lowest BCUT2D eigenvalue weighted by Gasteiger charge is -2.26. The molecule has 0 aliphatic heterocycles. The van der Waals surface area contributed by atoms with E-state index < -0.39 is 5.60 Å². The molecule has 0 bridgehead atoms. The number of hydrogen-bond acceptors (Lipinski definition) is 3. The lowest BCUT2D eigenvalue weighted by Crippen LogP contribution is -2.30. The number of ketones is 1. The topological polar surface area (TPSA) is 50.4 Å². The second-order valence-corrected chi connectivity index (χ2v) is 3.96. The smallest absolute Gasteiger partial charge is 0.158 e. The van der Waals surface area contributed by atoms with Crippen molar-refractivity contribution in [2.45, 2.75) is 25.4 Å². The van der Waals surface area contributed by atoms with Crippen molar-refractivity contribution in [3.8, 4) is 0 Å². The molecule has 0 radical (unpaired) electrons. The number of furan rings is 1. The van der Waals surface area contributed by atoms with Crippen molar-refractivity contribution in [1.82, 2.24) is 0 Å². The second-order valence-electron chi connectivity index (χ2n) is 3.96. The molecule has 0 saturated carbocycles. The van der Waals surface area contributed by atoms with E-state index in [-0.39, 0.29) is 12.2 Å². The van der Waals surface area contributed by atoms with E-state index in [0.717, 1.165) is 5.57 Å². The van der Waals surface area contributed by atoms with Crippen molar-refractivity contribution >= 4 is 11.4 Å². The summed E-state index contributed by atoms with van der Waals surface area (Å²) in [4.78, 5) is 11.3. The monoisotopic (exact) mass is 192 g/mol. The standard InChI is InChI=1S/C11H12O3/c1-11(13)6-8(5-9(12)7-11)10-3-2-4-14-10/h2-5,13H,6-7H2,1H3/t11-/m1/s1. The summed E-state index contributed by atoms with van der Waals surface area (Å²) in [6.07, 6.45) is 3.77. The predicted molar refractivity (Wildman–Crippen MR) is 51.5 cm³/mol. The minimum Gasteiger partial charge on any atom is -0.465 e. The Kier molecular flexibility index (Phi) is 2.04. The second kappa shape index (κ2) is 3.10. The van der Waals surface area contributed by atoms with Gasteiger partial charge in [-0.2, -0.15) is 0 Å². The summed E-state index contributed by atoms with van der Waals surface area (Å²) in [6.45, 7) is 1.67. The van der Waals surface area contributed by atoms with Gasteiger partial charge in [0.2, 0.25) is 0 Å². The third kappa shape index (κ3) is 1.77. The average Bonchev–Trinajstić information content (AvgIpc) is 2.51. The number of rotatable bonds is 1. The largest absolute Gasteiger partial charge is 0.465 e. The molecule has 14 heavy (non-hydrogen) atoms. The highest BCUT2D eigenvalue weighted by atomic mass is 16.3. The highest BCUT2D eigenvalue weighted by molar-refractivity contribution is 5.98. The molecule has 74 valence electrons. The molecule has 0 spiro atoms. The molecule has 0 aromatic carbocycles. The van der Waals surface area contributed by atoms with Crippen LogP contribution in [0.15, 0.2) is 28.9 Å². The highest BCUT2D eigenvalue weighted by Crippen LogP contribution is 2.32. The molecule has 1 aliphatic rings. The molecule has 1 N–H and O–H groups in total. The van der Waals surface area contributed by atoms with Gasteiger partial charge < -0.3 is 9.52 Å². The zero-order valence-corrected chi connectivity index (χ0v) is 7.99. The molecular weight excluding hydrogens is 180 g/mol. The Balaban J connectivity index is 2.33. The minimum absolute atomic E-state index is 0.0485. The zero-order chi connectivity index (χ0) is 10.2. The molecule has 0 unspecified atom stereocenters. The van der Waals surface area contributed by atoms with E-state index in [1.165, 1.54) is 0 Å². The fraction of sp³-hybridized carbons (Fsp3) is 0.364. The van der Waals surface area contributed by atoms with Crippen molar-refractivity contribution in [2.24, 2.45) is 0 Å². The summed E-state index contributed by atoms with van der Waals surface area (Å²) >= 11 is 0. The van der Waals surface area contributed by atoms with Crippen LogP contribution in [0.5, 0.6) is 0 Å². The van der Waals surface area contributed by atoms with Crippen LogP contribution in [0.3, 0.4) is 0 Å². The van der Waals surface area contributed by atoms with Crippen LogP contribution in [0, 0.1) is 0 Å². The van der Waals surface area contributed by atoms with Gasteiger partial charge in [0, 0.05) is 18.4 Å². The maximum Gasteiger partial charge on any atom is 0.158 e. The summed E-state index contributed by atoms with van der Waals surface area (Å²) < 4.78 is 5.18. The molecule has 1 aromatic rings. The molecule has 3 nitrogen and oxygen atoms in total. The number of aliphatic hydroxyl groups is 1. The number of carbonyl (C=O) groups excluding carboxylic acids is 1. The van der Waals surface area contributed by atoms with Gasteiger partial charge in [0.1, 0.15) is 5.76 Å². The summed E-state index contributed by atoms with van der Waals surface area (Å²) in [5, 5.41) is 9.81. The van der Waals surface area contributed by atoms with Gasteiger partial charge in [-0.1, -0.05) is 0 Å². The molecule has 2 rings (SSSR count). The first-order valence-corrected chi connectivity index (χ1v) is 4.56. The first-order chi connectivity index (χ1) is 6.57. The lowest BCUT2D eigenvalue weighted by molar-refractivity contribution is -0.119. The van der Waals surface area contributed by atoms with Crippen LogP contribution in [0.1, 0.15) is 25.5 Å². The molecule has 3 heteroatoms. The third-order valence-electron chi connectivity index (χ3n) is 2.30. The zero-order valence-electron chi connectivity index (χ0n) is 7.99. The Labute approximate surface area is 82.0 Å². The molecule has 0 saturated heterocycles. The van der Waals surface area contributed by atoms with Crippen LogP contribution >= 0.6 is 0 Å². The summed E-state index contributed by atoms with van der Waals surface area (Å²) in [5.41, 5.74) is -0.162. The Morgan fingerprint density at radius 1 is 1.50 bits per heavy atom. The van der Waals surface area contributed by atoms with E-state index in [4.69, 9.17) is 4.42 Å². The van der Waals surface area contributed by atoms with Gasteiger partial charge in [0.05, 0.1) is 11.9 Å². The van der Waals surface area contributed by atoms with E-state index in [1.807, 2.05) is 0 Å². The van der Waals surface area contributed by atoms with Gasteiger partial charge >= 0.3 is 0 Å². The van der Waals surface area contributed by atoms with Crippen LogP contribution in [0.2, 0.25) is 0 Å². The van der Waals surface area contributed by atoms with Gasteiger partial charge in [0.15, 0.2) is 5.78 Å². The Hall–Kier alpha value is -1.35. The van der Waals surface area contributed by atoms with E-state index in [0.29, 0.717) is 12.2 Å². The third-order valence-corrected chi connectivity index (χ3v) is 2.30.